The van der Waals surface area contributed by atoms with E-state index >= 15 is 0 Å². The van der Waals surface area contributed by atoms with Gasteiger partial charge in [-0.25, -0.2) is 4.79 Å². The first-order chi connectivity index (χ1) is 18.7. The average molecular weight is 535 g/mol. The van der Waals surface area contributed by atoms with Gasteiger partial charge in [0.25, 0.3) is 0 Å². The van der Waals surface area contributed by atoms with Gasteiger partial charge >= 0.3 is 6.16 Å². The lowest BCUT2D eigenvalue weighted by Gasteiger charge is -2.60. The Morgan fingerprint density at radius 2 is 1.77 bits per heavy atom. The maximum Gasteiger partial charge on any atom is 0.509 e. The Kier molecular flexibility index (Phi) is 7.60. The summed E-state index contributed by atoms with van der Waals surface area (Å²) >= 11 is 0. The van der Waals surface area contributed by atoms with Crippen LogP contribution in [0.1, 0.15) is 101 Å². The highest BCUT2D eigenvalue weighted by atomic mass is 16.7. The van der Waals surface area contributed by atoms with Gasteiger partial charge in [-0.15, -0.1) is 0 Å². The summed E-state index contributed by atoms with van der Waals surface area (Å²) in [7, 11) is 0. The zero-order valence-electron chi connectivity index (χ0n) is 23.6. The third-order valence-electron chi connectivity index (χ3n) is 11.1. The number of ketones is 2. The summed E-state index contributed by atoms with van der Waals surface area (Å²) in [5.41, 5.74) is 1.57. The van der Waals surface area contributed by atoms with E-state index in [9.17, 15) is 19.2 Å². The van der Waals surface area contributed by atoms with Crippen molar-refractivity contribution in [3.05, 3.63) is 47.0 Å². The van der Waals surface area contributed by atoms with E-state index in [1.165, 1.54) is 5.57 Å². The van der Waals surface area contributed by atoms with Crippen LogP contribution in [0.2, 0.25) is 0 Å². The Balaban J connectivity index is 1.47. The van der Waals surface area contributed by atoms with Crippen LogP contribution in [0.3, 0.4) is 0 Å². The third-order valence-corrected chi connectivity index (χ3v) is 11.1. The summed E-state index contributed by atoms with van der Waals surface area (Å²) in [6.45, 7) is 5.90. The number of aryl methyl sites for hydroxylation is 1. The maximum atomic E-state index is 13.5. The molecule has 0 bridgehead atoms. The van der Waals surface area contributed by atoms with Gasteiger partial charge in [0, 0.05) is 17.4 Å². The Morgan fingerprint density at radius 3 is 2.46 bits per heavy atom. The number of carbonyl (C=O) groups excluding carboxylic acids is 4. The summed E-state index contributed by atoms with van der Waals surface area (Å²) in [5.74, 6) is 1.38. The molecule has 0 saturated heterocycles. The lowest BCUT2D eigenvalue weighted by Crippen LogP contribution is -2.60. The van der Waals surface area contributed by atoms with Crippen LogP contribution in [0, 0.1) is 28.6 Å². The summed E-state index contributed by atoms with van der Waals surface area (Å²) in [6.07, 6.45) is 11.2. The zero-order chi connectivity index (χ0) is 27.8. The van der Waals surface area contributed by atoms with Gasteiger partial charge < -0.3 is 9.47 Å². The average Bonchev–Trinajstić information content (AvgIpc) is 3.25. The molecule has 4 aliphatic carbocycles. The summed E-state index contributed by atoms with van der Waals surface area (Å²) in [6, 6.07) is 7.68. The standard InChI is InChI=1S/C33H42O6/c1-4-38-30(37)39-33(22(2)35)19-15-29-27-12-11-25-20-26(36)13-17-31(25,3)28(27)14-18-32(29,33)16-5-6-23-7-9-24(21-34)10-8-23/h7-10,20-21,27-29H,4-6,11-19H2,1-3H3/t27-,28-,29+,31-,32+,33+/m1/s1. The van der Waals surface area contributed by atoms with Crippen LogP contribution in [-0.2, 0) is 25.5 Å². The number of hydrogen-bond donors (Lipinski definition) is 0. The van der Waals surface area contributed by atoms with Crippen molar-refractivity contribution >= 4 is 24.0 Å². The summed E-state index contributed by atoms with van der Waals surface area (Å²) < 4.78 is 11.3. The Labute approximate surface area is 231 Å². The molecular weight excluding hydrogens is 492 g/mol. The molecule has 1 aromatic carbocycles. The number of ether oxygens (including phenoxy) is 2. The van der Waals surface area contributed by atoms with Gasteiger partial charge in [-0.2, -0.15) is 0 Å². The third kappa shape index (κ3) is 4.58. The van der Waals surface area contributed by atoms with Crippen molar-refractivity contribution in [1.82, 2.24) is 0 Å². The Bertz CT molecular complexity index is 1170. The molecule has 0 radical (unpaired) electrons. The van der Waals surface area contributed by atoms with E-state index < -0.39 is 17.2 Å². The van der Waals surface area contributed by atoms with Gasteiger partial charge in [-0.05, 0) is 113 Å². The molecule has 3 fully saturated rings. The molecule has 6 nitrogen and oxygen atoms in total. The van der Waals surface area contributed by atoms with Crippen LogP contribution in [0.15, 0.2) is 35.9 Å². The fourth-order valence-electron chi connectivity index (χ4n) is 9.30. The van der Waals surface area contributed by atoms with E-state index in [1.54, 1.807) is 13.8 Å². The van der Waals surface area contributed by atoms with E-state index in [2.05, 4.69) is 6.92 Å². The molecule has 39 heavy (non-hydrogen) atoms. The molecule has 0 spiro atoms. The molecule has 0 unspecified atom stereocenters. The number of rotatable bonds is 8. The predicted molar refractivity (Wildman–Crippen MR) is 147 cm³/mol. The number of hydrogen-bond acceptors (Lipinski definition) is 6. The molecule has 6 atom stereocenters. The Morgan fingerprint density at radius 1 is 1.03 bits per heavy atom. The van der Waals surface area contributed by atoms with Crippen molar-refractivity contribution in [3.8, 4) is 0 Å². The van der Waals surface area contributed by atoms with E-state index in [0.29, 0.717) is 30.2 Å². The van der Waals surface area contributed by atoms with Gasteiger partial charge in [0.15, 0.2) is 17.2 Å². The second kappa shape index (κ2) is 10.7. The van der Waals surface area contributed by atoms with Crippen LogP contribution in [0.4, 0.5) is 4.79 Å². The lowest BCUT2D eigenvalue weighted by molar-refractivity contribution is -0.172. The van der Waals surface area contributed by atoms with Crippen molar-refractivity contribution in [1.29, 1.82) is 0 Å². The fraction of sp³-hybridized carbons (Fsp3) is 0.636. The van der Waals surface area contributed by atoms with Crippen LogP contribution in [0.25, 0.3) is 0 Å². The summed E-state index contributed by atoms with van der Waals surface area (Å²) in [4.78, 5) is 49.6. The molecule has 0 amide bonds. The fourth-order valence-corrected chi connectivity index (χ4v) is 9.30. The zero-order valence-corrected chi connectivity index (χ0v) is 23.6. The van der Waals surface area contributed by atoms with Crippen molar-refractivity contribution < 1.29 is 28.7 Å². The molecule has 0 heterocycles. The minimum Gasteiger partial charge on any atom is -0.435 e. The largest absolute Gasteiger partial charge is 0.509 e. The number of Topliss-reactive ketones (excluding diaryl/α,β-unsaturated/α-hetero) is 1. The molecular formula is C33H42O6. The van der Waals surface area contributed by atoms with E-state index in [-0.39, 0.29) is 29.5 Å². The second-order valence-corrected chi connectivity index (χ2v) is 12.6. The quantitative estimate of drug-likeness (QED) is 0.268. The number of aldehydes is 1. The molecule has 0 aliphatic heterocycles. The Hall–Kier alpha value is -2.76. The molecule has 0 N–H and O–H groups in total. The van der Waals surface area contributed by atoms with Crippen molar-refractivity contribution in [3.63, 3.8) is 0 Å². The minimum absolute atomic E-state index is 0.0345. The van der Waals surface area contributed by atoms with Gasteiger partial charge in [-0.3, -0.25) is 14.4 Å². The molecule has 3 saturated carbocycles. The molecule has 4 aliphatic rings. The van der Waals surface area contributed by atoms with Crippen LogP contribution >= 0.6 is 0 Å². The van der Waals surface area contributed by atoms with Crippen molar-refractivity contribution in [2.45, 2.75) is 97.0 Å². The van der Waals surface area contributed by atoms with Crippen LogP contribution in [-0.4, -0.2) is 36.2 Å². The first-order valence-corrected chi connectivity index (χ1v) is 14.8. The van der Waals surface area contributed by atoms with Gasteiger partial charge in [0.2, 0.25) is 0 Å². The highest BCUT2D eigenvalue weighted by Gasteiger charge is 2.69. The second-order valence-electron chi connectivity index (χ2n) is 12.6. The molecule has 1 aromatic rings. The van der Waals surface area contributed by atoms with E-state index in [0.717, 1.165) is 69.6 Å². The van der Waals surface area contributed by atoms with E-state index in [1.807, 2.05) is 30.3 Å². The van der Waals surface area contributed by atoms with Crippen molar-refractivity contribution in [2.24, 2.45) is 28.6 Å². The molecule has 6 heteroatoms. The normalized spacial score (nSPS) is 35.2. The number of fused-ring (bicyclic) bond motifs is 5. The molecule has 0 aromatic heterocycles. The SMILES string of the molecule is CCOC(=O)O[C@]1(C(C)=O)CC[C@H]2[C@@H]3CCC4=CC(=O)CC[C@@]4(C)[C@@H]3CC[C@@]21CCCc1ccc(C=O)cc1. The first-order valence-electron chi connectivity index (χ1n) is 14.8. The molecule has 5 rings (SSSR count). The summed E-state index contributed by atoms with van der Waals surface area (Å²) in [5, 5.41) is 0. The lowest BCUT2D eigenvalue weighted by atomic mass is 9.45. The van der Waals surface area contributed by atoms with Gasteiger partial charge in [0.05, 0.1) is 6.61 Å². The number of carbonyl (C=O) groups is 4. The van der Waals surface area contributed by atoms with Gasteiger partial charge in [-0.1, -0.05) is 36.8 Å². The number of allylic oxidation sites excluding steroid dienone is 1. The van der Waals surface area contributed by atoms with E-state index in [4.69, 9.17) is 9.47 Å². The number of benzene rings is 1. The first kappa shape index (κ1) is 27.8. The highest BCUT2D eigenvalue weighted by Crippen LogP contribution is 2.70. The van der Waals surface area contributed by atoms with Crippen LogP contribution in [0.5, 0.6) is 0 Å². The minimum atomic E-state index is -1.17. The van der Waals surface area contributed by atoms with Crippen LogP contribution < -0.4 is 0 Å². The predicted octanol–water partition coefficient (Wildman–Crippen LogP) is 6.83. The monoisotopic (exact) mass is 534 g/mol. The highest BCUT2D eigenvalue weighted by molar-refractivity contribution is 5.91. The van der Waals surface area contributed by atoms with Gasteiger partial charge in [0.1, 0.15) is 6.29 Å². The smallest absolute Gasteiger partial charge is 0.435 e. The van der Waals surface area contributed by atoms with Crippen molar-refractivity contribution in [2.75, 3.05) is 6.61 Å². The maximum absolute atomic E-state index is 13.5. The topological polar surface area (TPSA) is 86.7 Å². The molecule has 210 valence electrons.